The molecule has 0 saturated carbocycles. The summed E-state index contributed by atoms with van der Waals surface area (Å²) in [5.74, 6) is 0.839. The molecule has 0 radical (unpaired) electrons. The molecule has 162 valence electrons. The highest BCUT2D eigenvalue weighted by Gasteiger charge is 2.18. The number of carbonyl (C=O) groups excluding carboxylic acids is 1. The van der Waals surface area contributed by atoms with Crippen molar-refractivity contribution in [3.05, 3.63) is 88.4 Å². The fourth-order valence-electron chi connectivity index (χ4n) is 3.64. The van der Waals surface area contributed by atoms with Gasteiger partial charge in [0.05, 0.1) is 5.75 Å². The Labute approximate surface area is 196 Å². The lowest BCUT2D eigenvalue weighted by atomic mass is 10.1. The van der Waals surface area contributed by atoms with Crippen LogP contribution in [0.4, 0.5) is 5.69 Å². The van der Waals surface area contributed by atoms with E-state index in [0.29, 0.717) is 16.0 Å². The molecule has 32 heavy (non-hydrogen) atoms. The summed E-state index contributed by atoms with van der Waals surface area (Å²) in [6, 6.07) is 21.5. The summed E-state index contributed by atoms with van der Waals surface area (Å²) in [4.78, 5) is 12.7. The number of aryl methyl sites for hydroxylation is 3. The van der Waals surface area contributed by atoms with Crippen LogP contribution in [0.2, 0.25) is 5.02 Å². The quantitative estimate of drug-likeness (QED) is 0.344. The minimum absolute atomic E-state index is 0.0861. The Morgan fingerprint density at radius 2 is 1.62 bits per heavy atom. The van der Waals surface area contributed by atoms with Gasteiger partial charge in [0.25, 0.3) is 0 Å². The van der Waals surface area contributed by atoms with Crippen LogP contribution < -0.4 is 5.32 Å². The average molecular weight is 463 g/mol. The molecule has 0 bridgehead atoms. The van der Waals surface area contributed by atoms with Gasteiger partial charge in [0.2, 0.25) is 5.91 Å². The van der Waals surface area contributed by atoms with Crippen LogP contribution >= 0.6 is 23.4 Å². The van der Waals surface area contributed by atoms with Crippen LogP contribution in [-0.4, -0.2) is 26.4 Å². The molecule has 0 aliphatic heterocycles. The normalized spacial score (nSPS) is 10.9. The first-order chi connectivity index (χ1) is 15.4. The topological polar surface area (TPSA) is 59.8 Å². The van der Waals surface area contributed by atoms with E-state index in [1.165, 1.54) is 17.3 Å². The Morgan fingerprint density at radius 3 is 2.28 bits per heavy atom. The third-order valence-electron chi connectivity index (χ3n) is 5.02. The second kappa shape index (κ2) is 9.59. The predicted molar refractivity (Wildman–Crippen MR) is 132 cm³/mol. The van der Waals surface area contributed by atoms with Crippen LogP contribution in [0.5, 0.6) is 0 Å². The highest BCUT2D eigenvalue weighted by atomic mass is 35.5. The van der Waals surface area contributed by atoms with Crippen LogP contribution in [0.25, 0.3) is 17.1 Å². The first-order valence-electron chi connectivity index (χ1n) is 10.2. The molecule has 7 heteroatoms. The number of carbonyl (C=O) groups is 1. The maximum absolute atomic E-state index is 12.7. The van der Waals surface area contributed by atoms with E-state index in [0.717, 1.165) is 28.1 Å². The monoisotopic (exact) mass is 462 g/mol. The van der Waals surface area contributed by atoms with Gasteiger partial charge in [-0.1, -0.05) is 71.4 Å². The van der Waals surface area contributed by atoms with E-state index in [-0.39, 0.29) is 11.7 Å². The van der Waals surface area contributed by atoms with Gasteiger partial charge in [-0.25, -0.2) is 0 Å². The van der Waals surface area contributed by atoms with E-state index in [4.69, 9.17) is 11.6 Å². The number of nitrogens with one attached hydrogen (secondary N) is 1. The first kappa shape index (κ1) is 22.1. The van der Waals surface area contributed by atoms with Gasteiger partial charge in [0.15, 0.2) is 11.0 Å². The summed E-state index contributed by atoms with van der Waals surface area (Å²) in [7, 11) is 0. The molecule has 0 atom stereocenters. The summed E-state index contributed by atoms with van der Waals surface area (Å²) >= 11 is 7.43. The van der Waals surface area contributed by atoms with Crippen molar-refractivity contribution in [2.24, 2.45) is 0 Å². The lowest BCUT2D eigenvalue weighted by molar-refractivity contribution is -0.113. The third-order valence-corrected chi connectivity index (χ3v) is 6.20. The molecule has 0 aliphatic rings. The lowest BCUT2D eigenvalue weighted by Gasteiger charge is -2.13. The molecular formula is C25H23ClN4OS. The van der Waals surface area contributed by atoms with Crippen LogP contribution in [-0.2, 0) is 4.79 Å². The zero-order valence-electron chi connectivity index (χ0n) is 18.1. The zero-order chi connectivity index (χ0) is 22.7. The summed E-state index contributed by atoms with van der Waals surface area (Å²) in [6.45, 7) is 6.06. The molecule has 1 N–H and O–H groups in total. The molecule has 0 unspecified atom stereocenters. The molecule has 0 saturated heterocycles. The van der Waals surface area contributed by atoms with Gasteiger partial charge in [-0.3, -0.25) is 9.36 Å². The minimum Gasteiger partial charge on any atom is -0.325 e. The van der Waals surface area contributed by atoms with Crippen LogP contribution in [0.1, 0.15) is 16.7 Å². The molecule has 3 aromatic carbocycles. The van der Waals surface area contributed by atoms with Crippen molar-refractivity contribution in [2.45, 2.75) is 25.9 Å². The Morgan fingerprint density at radius 1 is 0.969 bits per heavy atom. The molecule has 5 nitrogen and oxygen atoms in total. The van der Waals surface area contributed by atoms with Crippen molar-refractivity contribution in [1.29, 1.82) is 0 Å². The Hall–Kier alpha value is -3.09. The number of halogens is 1. The predicted octanol–water partition coefficient (Wildman–Crippen LogP) is 6.24. The Kier molecular flexibility index (Phi) is 6.63. The van der Waals surface area contributed by atoms with Crippen molar-refractivity contribution in [1.82, 2.24) is 14.8 Å². The molecule has 0 spiro atoms. The fourth-order valence-corrected chi connectivity index (χ4v) is 4.52. The lowest BCUT2D eigenvalue weighted by Crippen LogP contribution is -2.16. The van der Waals surface area contributed by atoms with Crippen molar-refractivity contribution in [2.75, 3.05) is 11.1 Å². The van der Waals surface area contributed by atoms with E-state index in [1.54, 1.807) is 0 Å². The zero-order valence-corrected chi connectivity index (χ0v) is 19.7. The fraction of sp³-hybridized carbons (Fsp3) is 0.160. The third kappa shape index (κ3) is 4.87. The van der Waals surface area contributed by atoms with Gasteiger partial charge in [-0.05, 0) is 56.2 Å². The van der Waals surface area contributed by atoms with E-state index >= 15 is 0 Å². The number of rotatable bonds is 6. The molecule has 0 aliphatic carbocycles. The number of nitrogens with zero attached hydrogens (tertiary/aromatic N) is 3. The van der Waals surface area contributed by atoms with Gasteiger partial charge in [0.1, 0.15) is 0 Å². The second-order valence-electron chi connectivity index (χ2n) is 7.59. The summed E-state index contributed by atoms with van der Waals surface area (Å²) in [5, 5.41) is 13.1. The smallest absolute Gasteiger partial charge is 0.234 e. The van der Waals surface area contributed by atoms with Crippen LogP contribution in [0, 0.1) is 20.8 Å². The molecule has 0 fully saturated rings. The van der Waals surface area contributed by atoms with Gasteiger partial charge >= 0.3 is 0 Å². The maximum Gasteiger partial charge on any atom is 0.234 e. The Balaban J connectivity index is 1.59. The number of hydrogen-bond donors (Lipinski definition) is 1. The molecule has 4 rings (SSSR count). The molecule has 1 heterocycles. The number of amides is 1. The van der Waals surface area contributed by atoms with Crippen molar-refractivity contribution >= 4 is 35.0 Å². The second-order valence-corrected chi connectivity index (χ2v) is 8.97. The average Bonchev–Trinajstić information content (AvgIpc) is 3.20. The minimum atomic E-state index is -0.0861. The first-order valence-corrected chi connectivity index (χ1v) is 11.6. The molecular weight excluding hydrogens is 440 g/mol. The number of benzene rings is 3. The summed E-state index contributed by atoms with van der Waals surface area (Å²) in [5.41, 5.74) is 5.97. The van der Waals surface area contributed by atoms with Crippen molar-refractivity contribution in [3.63, 3.8) is 0 Å². The summed E-state index contributed by atoms with van der Waals surface area (Å²) < 4.78 is 1.95. The molecule has 1 aromatic heterocycles. The van der Waals surface area contributed by atoms with Crippen molar-refractivity contribution < 1.29 is 4.79 Å². The molecule has 4 aromatic rings. The SMILES string of the molecule is Cc1cc(C)c(NC(=O)CSc2nnc(-c3ccccc3)n2-c2ccc(Cl)cc2)c(C)c1. The highest BCUT2D eigenvalue weighted by molar-refractivity contribution is 7.99. The Bertz CT molecular complexity index is 1230. The molecule has 1 amide bonds. The van der Waals surface area contributed by atoms with Crippen LogP contribution in [0.15, 0.2) is 71.9 Å². The van der Waals surface area contributed by atoms with E-state index in [1.807, 2.05) is 73.0 Å². The van der Waals surface area contributed by atoms with E-state index in [2.05, 4.69) is 34.6 Å². The number of aromatic nitrogens is 3. The van der Waals surface area contributed by atoms with Crippen molar-refractivity contribution in [3.8, 4) is 17.1 Å². The standard InChI is InChI=1S/C25H23ClN4OS/c1-16-13-17(2)23(18(3)14-16)27-22(31)15-32-25-29-28-24(19-7-5-4-6-8-19)30(25)21-11-9-20(26)10-12-21/h4-14H,15H2,1-3H3,(H,27,31). The van der Waals surface area contributed by atoms with Gasteiger partial charge in [-0.15, -0.1) is 10.2 Å². The summed E-state index contributed by atoms with van der Waals surface area (Å²) in [6.07, 6.45) is 0. The largest absolute Gasteiger partial charge is 0.325 e. The van der Waals surface area contributed by atoms with Gasteiger partial charge in [0, 0.05) is 22.0 Å². The number of hydrogen-bond acceptors (Lipinski definition) is 4. The van der Waals surface area contributed by atoms with Gasteiger partial charge in [-0.2, -0.15) is 0 Å². The van der Waals surface area contributed by atoms with E-state index in [9.17, 15) is 4.79 Å². The number of thioether (sulfide) groups is 1. The van der Waals surface area contributed by atoms with E-state index < -0.39 is 0 Å². The number of anilines is 1. The maximum atomic E-state index is 12.7. The van der Waals surface area contributed by atoms with Crippen LogP contribution in [0.3, 0.4) is 0 Å². The van der Waals surface area contributed by atoms with Gasteiger partial charge < -0.3 is 5.32 Å². The highest BCUT2D eigenvalue weighted by Crippen LogP contribution is 2.29.